The summed E-state index contributed by atoms with van der Waals surface area (Å²) in [6.07, 6.45) is 0.0792. The zero-order valence-corrected chi connectivity index (χ0v) is 13.6. The van der Waals surface area contributed by atoms with Gasteiger partial charge in [-0.25, -0.2) is 0 Å². The van der Waals surface area contributed by atoms with Crippen LogP contribution in [0, 0.1) is 0 Å². The van der Waals surface area contributed by atoms with Crippen molar-refractivity contribution in [1.29, 1.82) is 0 Å². The van der Waals surface area contributed by atoms with Crippen LogP contribution < -0.4 is 10.4 Å². The summed E-state index contributed by atoms with van der Waals surface area (Å²) in [6.45, 7) is 2.13. The summed E-state index contributed by atoms with van der Waals surface area (Å²) in [6, 6.07) is 31.5. The van der Waals surface area contributed by atoms with E-state index in [0.717, 1.165) is 0 Å². The average molecular weight is 303 g/mol. The van der Waals surface area contributed by atoms with Crippen molar-refractivity contribution in [3.8, 4) is 0 Å². The fourth-order valence-corrected chi connectivity index (χ4v) is 4.54. The quantitative estimate of drug-likeness (QED) is 0.655. The van der Waals surface area contributed by atoms with Crippen LogP contribution in [0.3, 0.4) is 0 Å². The summed E-state index contributed by atoms with van der Waals surface area (Å²) in [5, 5.41) is 2.56. The van der Waals surface area contributed by atoms with Crippen LogP contribution in [0.2, 0.25) is 0 Å². The molecule has 3 rings (SSSR count). The second-order valence-electron chi connectivity index (χ2n) is 5.23. The Labute approximate surface area is 133 Å². The number of rotatable bonds is 5. The Morgan fingerprint density at radius 1 is 0.636 bits per heavy atom. The Balaban J connectivity index is 1.90. The zero-order valence-electron chi connectivity index (χ0n) is 12.6. The Morgan fingerprint density at radius 2 is 1.05 bits per heavy atom. The van der Waals surface area contributed by atoms with E-state index in [1.165, 1.54) is 15.9 Å². The molecule has 0 aliphatic carbocycles. The summed E-state index contributed by atoms with van der Waals surface area (Å²) in [4.78, 5) is 0. The predicted molar refractivity (Wildman–Crippen MR) is 93.8 cm³/mol. The van der Waals surface area contributed by atoms with E-state index in [9.17, 15) is 0 Å². The molecule has 109 valence electrons. The van der Waals surface area contributed by atoms with Gasteiger partial charge in [0.1, 0.15) is 0 Å². The molecule has 22 heavy (non-hydrogen) atoms. The molecule has 0 aliphatic heterocycles. The van der Waals surface area contributed by atoms with Crippen molar-refractivity contribution < 1.29 is 4.43 Å². The lowest BCUT2D eigenvalue weighted by atomic mass is 10.1. The lowest BCUT2D eigenvalue weighted by molar-refractivity contribution is 0.237. The maximum absolute atomic E-state index is 6.51. The third-order valence-corrected chi connectivity index (χ3v) is 5.94. The maximum Gasteiger partial charge on any atom is 0.283 e. The Bertz CT molecular complexity index is 643. The Morgan fingerprint density at radius 3 is 1.50 bits per heavy atom. The third kappa shape index (κ3) is 3.53. The predicted octanol–water partition coefficient (Wildman–Crippen LogP) is 3.57. The first-order valence-electron chi connectivity index (χ1n) is 7.54. The molecule has 0 bridgehead atoms. The van der Waals surface area contributed by atoms with E-state index < -0.39 is 9.04 Å². The molecule has 3 aromatic rings. The van der Waals surface area contributed by atoms with E-state index in [4.69, 9.17) is 4.43 Å². The molecule has 0 spiro atoms. The monoisotopic (exact) mass is 303 g/mol. The van der Waals surface area contributed by atoms with Gasteiger partial charge in [0.2, 0.25) is 0 Å². The van der Waals surface area contributed by atoms with Crippen molar-refractivity contribution in [3.05, 3.63) is 96.6 Å². The van der Waals surface area contributed by atoms with E-state index >= 15 is 0 Å². The summed E-state index contributed by atoms with van der Waals surface area (Å²) >= 11 is 0. The number of hydrogen-bond acceptors (Lipinski definition) is 1. The van der Waals surface area contributed by atoms with Gasteiger partial charge in [0.15, 0.2) is 0 Å². The molecule has 1 nitrogen and oxygen atoms in total. The standard InChI is InChI=1S/C20H19OSi/c1-17(18-11-5-2-6-12-18)21-22(19-13-7-3-8-14-19)20-15-9-4-10-16-20/h2-17H,1H3/t17-/m1/s1. The first-order valence-corrected chi connectivity index (χ1v) is 8.95. The fourth-order valence-electron chi connectivity index (χ4n) is 2.45. The van der Waals surface area contributed by atoms with Crippen molar-refractivity contribution >= 4 is 19.4 Å². The zero-order chi connectivity index (χ0) is 15.2. The second-order valence-corrected chi connectivity index (χ2v) is 7.28. The Hall–Kier alpha value is -2.16. The Kier molecular flexibility index (Phi) is 4.84. The van der Waals surface area contributed by atoms with Crippen molar-refractivity contribution in [3.63, 3.8) is 0 Å². The smallest absolute Gasteiger partial charge is 0.283 e. The normalized spacial score (nSPS) is 12.3. The summed E-state index contributed by atoms with van der Waals surface area (Å²) in [7, 11) is -1.25. The fraction of sp³-hybridized carbons (Fsp3) is 0.100. The molecule has 3 aromatic carbocycles. The van der Waals surface area contributed by atoms with E-state index in [-0.39, 0.29) is 6.10 Å². The third-order valence-electron chi connectivity index (χ3n) is 3.64. The van der Waals surface area contributed by atoms with Gasteiger partial charge >= 0.3 is 0 Å². The molecule has 0 N–H and O–H groups in total. The van der Waals surface area contributed by atoms with Gasteiger partial charge < -0.3 is 4.43 Å². The van der Waals surface area contributed by atoms with Crippen LogP contribution in [0.15, 0.2) is 91.0 Å². The largest absolute Gasteiger partial charge is 0.400 e. The molecular weight excluding hydrogens is 284 g/mol. The van der Waals surface area contributed by atoms with Gasteiger partial charge in [0, 0.05) is 0 Å². The van der Waals surface area contributed by atoms with Crippen molar-refractivity contribution in [2.75, 3.05) is 0 Å². The van der Waals surface area contributed by atoms with E-state index in [1.807, 2.05) is 6.07 Å². The minimum Gasteiger partial charge on any atom is -0.400 e. The highest BCUT2D eigenvalue weighted by Gasteiger charge is 2.22. The van der Waals surface area contributed by atoms with Gasteiger partial charge in [-0.05, 0) is 22.9 Å². The SMILES string of the molecule is C[C@@H](O[Si](c1ccccc1)c1ccccc1)c1ccccc1. The van der Waals surface area contributed by atoms with E-state index in [0.29, 0.717) is 0 Å². The number of benzene rings is 3. The lowest BCUT2D eigenvalue weighted by Gasteiger charge is -2.21. The first-order chi connectivity index (χ1) is 10.8. The van der Waals surface area contributed by atoms with E-state index in [1.54, 1.807) is 0 Å². The maximum atomic E-state index is 6.51. The van der Waals surface area contributed by atoms with Crippen LogP contribution in [0.1, 0.15) is 18.6 Å². The first kappa shape index (κ1) is 14.8. The molecule has 0 amide bonds. The van der Waals surface area contributed by atoms with Crippen LogP contribution in [0.4, 0.5) is 0 Å². The molecule has 0 heterocycles. The highest BCUT2D eigenvalue weighted by molar-refractivity contribution is 6.80. The molecule has 0 fully saturated rings. The van der Waals surface area contributed by atoms with E-state index in [2.05, 4.69) is 91.9 Å². The van der Waals surface area contributed by atoms with Gasteiger partial charge in [-0.1, -0.05) is 91.0 Å². The van der Waals surface area contributed by atoms with Crippen LogP contribution in [-0.2, 0) is 4.43 Å². The van der Waals surface area contributed by atoms with Crippen LogP contribution in [-0.4, -0.2) is 9.04 Å². The van der Waals surface area contributed by atoms with Gasteiger partial charge in [-0.2, -0.15) is 0 Å². The molecule has 1 atom stereocenters. The van der Waals surface area contributed by atoms with Crippen LogP contribution >= 0.6 is 0 Å². The highest BCUT2D eigenvalue weighted by Crippen LogP contribution is 2.17. The number of hydrogen-bond donors (Lipinski definition) is 0. The average Bonchev–Trinajstić information content (AvgIpc) is 2.62. The minimum absolute atomic E-state index is 0.0792. The summed E-state index contributed by atoms with van der Waals surface area (Å²) in [5.41, 5.74) is 1.22. The van der Waals surface area contributed by atoms with Gasteiger partial charge in [-0.15, -0.1) is 0 Å². The van der Waals surface area contributed by atoms with Gasteiger partial charge in [-0.3, -0.25) is 0 Å². The molecule has 1 radical (unpaired) electrons. The molecule has 2 heteroatoms. The molecule has 0 saturated carbocycles. The highest BCUT2D eigenvalue weighted by atomic mass is 28.3. The van der Waals surface area contributed by atoms with Crippen molar-refractivity contribution in [2.24, 2.45) is 0 Å². The van der Waals surface area contributed by atoms with Gasteiger partial charge in [0.25, 0.3) is 9.04 Å². The molecule has 0 saturated heterocycles. The summed E-state index contributed by atoms with van der Waals surface area (Å²) in [5.74, 6) is 0. The molecular formula is C20H19OSi. The van der Waals surface area contributed by atoms with Crippen LogP contribution in [0.25, 0.3) is 0 Å². The summed E-state index contributed by atoms with van der Waals surface area (Å²) < 4.78 is 6.51. The van der Waals surface area contributed by atoms with Crippen molar-refractivity contribution in [1.82, 2.24) is 0 Å². The second kappa shape index (κ2) is 7.21. The lowest BCUT2D eigenvalue weighted by Crippen LogP contribution is -2.45. The van der Waals surface area contributed by atoms with Crippen molar-refractivity contribution in [2.45, 2.75) is 13.0 Å². The van der Waals surface area contributed by atoms with Crippen LogP contribution in [0.5, 0.6) is 0 Å². The molecule has 0 unspecified atom stereocenters. The molecule has 0 aromatic heterocycles. The minimum atomic E-state index is -1.25. The topological polar surface area (TPSA) is 9.23 Å². The molecule has 0 aliphatic rings. The van der Waals surface area contributed by atoms with Gasteiger partial charge in [0.05, 0.1) is 6.10 Å².